The van der Waals surface area contributed by atoms with Gasteiger partial charge in [0.05, 0.1) is 24.1 Å². The number of anilines is 3. The summed E-state index contributed by atoms with van der Waals surface area (Å²) >= 11 is 0. The Bertz CT molecular complexity index is 1880. The van der Waals surface area contributed by atoms with Crippen molar-refractivity contribution < 1.29 is 22.3 Å². The monoisotopic (exact) mass is 602 g/mol. The number of halogens is 1. The lowest BCUT2D eigenvalue weighted by Gasteiger charge is -2.21. The Morgan fingerprint density at radius 3 is 2.33 bits per heavy atom. The summed E-state index contributed by atoms with van der Waals surface area (Å²) in [5.74, 6) is 0.0861. The van der Waals surface area contributed by atoms with E-state index in [-0.39, 0.29) is 23.0 Å². The van der Waals surface area contributed by atoms with E-state index in [0.717, 1.165) is 16.7 Å². The van der Waals surface area contributed by atoms with Crippen LogP contribution in [0, 0.1) is 5.82 Å². The summed E-state index contributed by atoms with van der Waals surface area (Å²) in [6, 6.07) is 21.5. The lowest BCUT2D eigenvalue weighted by atomic mass is 10.1. The number of carbonyl (C=O) groups is 1. The molecule has 0 saturated heterocycles. The Morgan fingerprint density at radius 2 is 1.65 bits per heavy atom. The second-order valence-corrected chi connectivity index (χ2v) is 12.6. The highest BCUT2D eigenvalue weighted by Gasteiger charge is 2.23. The number of aromatic nitrogens is 3. The predicted octanol–water partition coefficient (Wildman–Crippen LogP) is 5.55. The van der Waals surface area contributed by atoms with Crippen LogP contribution >= 0.6 is 0 Å². The number of nitrogens with zero attached hydrogens (tertiary/aromatic N) is 3. The van der Waals surface area contributed by atoms with E-state index in [0.29, 0.717) is 28.7 Å². The number of amides is 1. The summed E-state index contributed by atoms with van der Waals surface area (Å²) in [4.78, 5) is 17.0. The lowest BCUT2D eigenvalue weighted by Crippen LogP contribution is -2.40. The molecule has 2 heterocycles. The van der Waals surface area contributed by atoms with Gasteiger partial charge >= 0.3 is 0 Å². The zero-order valence-corrected chi connectivity index (χ0v) is 24.9. The molecule has 3 N–H and O–H groups in total. The number of hydrogen-bond acceptors (Lipinski definition) is 7. The van der Waals surface area contributed by atoms with E-state index in [1.165, 1.54) is 31.4 Å². The third kappa shape index (κ3) is 7.34. The second-order valence-electron chi connectivity index (χ2n) is 10.9. The molecule has 0 spiro atoms. The topological polar surface area (TPSA) is 127 Å². The number of sulfonamides is 1. The third-order valence-electron chi connectivity index (χ3n) is 6.28. The van der Waals surface area contributed by atoms with Gasteiger partial charge in [-0.15, -0.1) is 5.10 Å². The van der Waals surface area contributed by atoms with Gasteiger partial charge in [0.1, 0.15) is 11.6 Å². The maximum absolute atomic E-state index is 13.1. The smallest absolute Gasteiger partial charge is 0.247 e. The number of nitrogens with one attached hydrogen (secondary N) is 3. The highest BCUT2D eigenvalue weighted by molar-refractivity contribution is 7.89. The summed E-state index contributed by atoms with van der Waals surface area (Å²) in [6.07, 6.45) is 1.98. The zero-order valence-electron chi connectivity index (χ0n) is 24.1. The molecule has 222 valence electrons. The van der Waals surface area contributed by atoms with Gasteiger partial charge in [0.15, 0.2) is 5.65 Å². The molecule has 43 heavy (non-hydrogen) atoms. The molecular weight excluding hydrogens is 571 g/mol. The van der Waals surface area contributed by atoms with Crippen molar-refractivity contribution in [1.82, 2.24) is 19.3 Å². The summed E-state index contributed by atoms with van der Waals surface area (Å²) < 4.78 is 48.3. The third-order valence-corrected chi connectivity index (χ3v) is 8.04. The molecule has 3 aromatic carbocycles. The van der Waals surface area contributed by atoms with Gasteiger partial charge in [0.25, 0.3) is 0 Å². The maximum atomic E-state index is 13.1. The molecule has 0 aliphatic carbocycles. The number of carbonyl (C=O) groups excluding carboxylic acids is 1. The number of rotatable bonds is 9. The molecule has 0 bridgehead atoms. The van der Waals surface area contributed by atoms with Crippen LogP contribution in [0.3, 0.4) is 0 Å². The number of fused-ring (bicyclic) bond motifs is 1. The molecule has 1 amide bonds. The summed E-state index contributed by atoms with van der Waals surface area (Å²) in [6.45, 7) is 5.31. The molecule has 0 saturated carbocycles. The molecule has 0 aliphatic heterocycles. The van der Waals surface area contributed by atoms with Gasteiger partial charge in [-0.05, 0) is 80.4 Å². The molecule has 0 atom stereocenters. The van der Waals surface area contributed by atoms with Gasteiger partial charge in [-0.2, -0.15) is 4.98 Å². The van der Waals surface area contributed by atoms with Gasteiger partial charge in [-0.1, -0.05) is 24.3 Å². The summed E-state index contributed by atoms with van der Waals surface area (Å²) in [5, 5.41) is 10.5. The van der Waals surface area contributed by atoms with Crippen LogP contribution in [0.5, 0.6) is 5.75 Å². The summed E-state index contributed by atoms with van der Waals surface area (Å²) in [5.41, 5.74) is 3.63. The van der Waals surface area contributed by atoms with Crippen molar-refractivity contribution in [3.05, 3.63) is 96.4 Å². The SMILES string of the molecule is COc1cc(S(=O)(=O)NC(C)(C)C)ccc1Nc1nc2ccc(-c3ccc(NC(=O)Cc4ccc(F)cc4)cc3)cn2n1. The molecule has 0 fully saturated rings. The number of benzene rings is 3. The zero-order chi connectivity index (χ0) is 30.8. The van der Waals surface area contributed by atoms with Crippen molar-refractivity contribution in [3.8, 4) is 16.9 Å². The van der Waals surface area contributed by atoms with Crippen molar-refractivity contribution in [3.63, 3.8) is 0 Å². The largest absolute Gasteiger partial charge is 0.495 e. The maximum Gasteiger partial charge on any atom is 0.247 e. The van der Waals surface area contributed by atoms with Gasteiger partial charge in [0.2, 0.25) is 21.9 Å². The van der Waals surface area contributed by atoms with Crippen molar-refractivity contribution in [2.24, 2.45) is 0 Å². The Hall–Kier alpha value is -4.81. The first-order valence-electron chi connectivity index (χ1n) is 13.4. The van der Waals surface area contributed by atoms with Crippen molar-refractivity contribution in [2.45, 2.75) is 37.6 Å². The first kappa shape index (κ1) is 29.7. The van der Waals surface area contributed by atoms with Crippen molar-refractivity contribution in [1.29, 1.82) is 0 Å². The average Bonchev–Trinajstić information content (AvgIpc) is 3.35. The minimum Gasteiger partial charge on any atom is -0.495 e. The van der Waals surface area contributed by atoms with Crippen molar-refractivity contribution >= 4 is 38.9 Å². The van der Waals surface area contributed by atoms with E-state index < -0.39 is 15.6 Å². The Morgan fingerprint density at radius 1 is 0.953 bits per heavy atom. The first-order chi connectivity index (χ1) is 20.4. The van der Waals surface area contributed by atoms with Crippen LogP contribution in [0.4, 0.5) is 21.7 Å². The van der Waals surface area contributed by atoms with E-state index in [1.54, 1.807) is 43.5 Å². The highest BCUT2D eigenvalue weighted by Crippen LogP contribution is 2.30. The molecule has 2 aromatic heterocycles. The molecule has 5 rings (SSSR count). The predicted molar refractivity (Wildman–Crippen MR) is 164 cm³/mol. The standard InChI is InChI=1S/C31H31FN6O4S/c1-31(2,3)37-43(40,41)25-14-15-26(27(18-25)42-4)34-30-35-28-16-9-22(19-38(28)36-30)21-7-12-24(13-8-21)33-29(39)17-20-5-10-23(32)11-6-20/h5-16,18-19,37H,17H2,1-4H3,(H,33,39)(H,34,36). The van der Waals surface area contributed by atoms with Crippen LogP contribution < -0.4 is 20.1 Å². The average molecular weight is 603 g/mol. The minimum atomic E-state index is -3.74. The fraction of sp³-hybridized carbons (Fsp3) is 0.194. The quantitative estimate of drug-likeness (QED) is 0.202. The van der Waals surface area contributed by atoms with Gasteiger partial charge in [0, 0.05) is 29.1 Å². The molecular formula is C31H31FN6O4S. The lowest BCUT2D eigenvalue weighted by molar-refractivity contribution is -0.115. The highest BCUT2D eigenvalue weighted by atomic mass is 32.2. The number of pyridine rings is 1. The van der Waals surface area contributed by atoms with E-state index in [9.17, 15) is 17.6 Å². The minimum absolute atomic E-state index is 0.0795. The Kier molecular flexibility index (Phi) is 8.16. The van der Waals surface area contributed by atoms with Crippen LogP contribution in [0.25, 0.3) is 16.8 Å². The van der Waals surface area contributed by atoms with E-state index >= 15 is 0 Å². The Labute approximate surface area is 249 Å². The fourth-order valence-electron chi connectivity index (χ4n) is 4.37. The van der Waals surface area contributed by atoms with E-state index in [4.69, 9.17) is 4.74 Å². The second kappa shape index (κ2) is 11.8. The van der Waals surface area contributed by atoms with Gasteiger partial charge in [-0.3, -0.25) is 4.79 Å². The molecule has 0 radical (unpaired) electrons. The van der Waals surface area contributed by atoms with E-state index in [1.807, 2.05) is 42.6 Å². The Balaban J connectivity index is 1.28. The molecule has 0 aliphatic rings. The van der Waals surface area contributed by atoms with Gasteiger partial charge < -0.3 is 15.4 Å². The number of methoxy groups -OCH3 is 1. The normalized spacial score (nSPS) is 11.8. The number of ether oxygens (including phenoxy) is 1. The summed E-state index contributed by atoms with van der Waals surface area (Å²) in [7, 11) is -2.28. The first-order valence-corrected chi connectivity index (χ1v) is 14.9. The van der Waals surface area contributed by atoms with Crippen LogP contribution in [0.2, 0.25) is 0 Å². The molecule has 5 aromatic rings. The van der Waals surface area contributed by atoms with Crippen LogP contribution in [-0.2, 0) is 21.2 Å². The molecule has 0 unspecified atom stereocenters. The fourth-order valence-corrected chi connectivity index (χ4v) is 5.80. The molecule has 12 heteroatoms. The molecule has 10 nitrogen and oxygen atoms in total. The van der Waals surface area contributed by atoms with Crippen LogP contribution in [-0.4, -0.2) is 41.6 Å². The van der Waals surface area contributed by atoms with Crippen molar-refractivity contribution in [2.75, 3.05) is 17.7 Å². The van der Waals surface area contributed by atoms with Gasteiger partial charge in [-0.25, -0.2) is 22.0 Å². The van der Waals surface area contributed by atoms with E-state index in [2.05, 4.69) is 25.4 Å². The van der Waals surface area contributed by atoms with Crippen LogP contribution in [0.1, 0.15) is 26.3 Å². The number of hydrogen-bond donors (Lipinski definition) is 3. The van der Waals surface area contributed by atoms with Crippen LogP contribution in [0.15, 0.2) is 90.0 Å².